The van der Waals surface area contributed by atoms with Gasteiger partial charge in [-0.05, 0) is 35.9 Å². The number of hydrogen-bond acceptors (Lipinski definition) is 6. The van der Waals surface area contributed by atoms with Crippen LogP contribution >= 0.6 is 0 Å². The van der Waals surface area contributed by atoms with E-state index in [4.69, 9.17) is 9.47 Å². The summed E-state index contributed by atoms with van der Waals surface area (Å²) in [7, 11) is 0. The number of pyridine rings is 1. The Labute approximate surface area is 176 Å². The van der Waals surface area contributed by atoms with E-state index < -0.39 is 16.2 Å². The maximum atomic E-state index is 13.3. The lowest BCUT2D eigenvalue weighted by Gasteiger charge is -2.15. The third-order valence-electron chi connectivity index (χ3n) is 5.16. The van der Waals surface area contributed by atoms with Gasteiger partial charge in [0.2, 0.25) is 6.79 Å². The highest BCUT2D eigenvalue weighted by Crippen LogP contribution is 2.34. The van der Waals surface area contributed by atoms with Crippen LogP contribution in [0, 0.1) is 10.1 Å². The van der Waals surface area contributed by atoms with Crippen LogP contribution in [-0.4, -0.2) is 16.3 Å². The van der Waals surface area contributed by atoms with Crippen molar-refractivity contribution in [3.05, 3.63) is 98.8 Å². The largest absolute Gasteiger partial charge is 0.454 e. The predicted octanol–water partition coefficient (Wildman–Crippen LogP) is 4.24. The Morgan fingerprint density at radius 3 is 2.52 bits per heavy atom. The van der Waals surface area contributed by atoms with E-state index in [1.165, 1.54) is 4.57 Å². The summed E-state index contributed by atoms with van der Waals surface area (Å²) in [5, 5.41) is 15.6. The lowest BCUT2D eigenvalue weighted by Crippen LogP contribution is -2.23. The minimum atomic E-state index is -0.692. The Bertz CT molecular complexity index is 1370. The summed E-state index contributed by atoms with van der Waals surface area (Å²) < 4.78 is 12.1. The zero-order valence-electron chi connectivity index (χ0n) is 16.3. The highest BCUT2D eigenvalue weighted by atomic mass is 16.7. The van der Waals surface area contributed by atoms with Gasteiger partial charge in [0.25, 0.3) is 0 Å². The molecule has 0 bridgehead atoms. The van der Waals surface area contributed by atoms with Crippen molar-refractivity contribution in [3.63, 3.8) is 0 Å². The molecule has 3 aromatic carbocycles. The number of benzene rings is 3. The van der Waals surface area contributed by atoms with E-state index in [0.29, 0.717) is 28.1 Å². The van der Waals surface area contributed by atoms with Gasteiger partial charge in [-0.15, -0.1) is 0 Å². The normalized spacial score (nSPS) is 12.1. The van der Waals surface area contributed by atoms with Gasteiger partial charge in [0, 0.05) is 17.6 Å². The number of nitrogens with one attached hydrogen (secondary N) is 1. The van der Waals surface area contributed by atoms with Crippen LogP contribution in [0.4, 0.5) is 11.4 Å². The van der Waals surface area contributed by atoms with Gasteiger partial charge >= 0.3 is 11.2 Å². The second-order valence-corrected chi connectivity index (χ2v) is 7.02. The summed E-state index contributed by atoms with van der Waals surface area (Å²) >= 11 is 0. The molecular weight excluding hydrogens is 398 g/mol. The van der Waals surface area contributed by atoms with Gasteiger partial charge < -0.3 is 14.8 Å². The fourth-order valence-electron chi connectivity index (χ4n) is 3.75. The first-order chi connectivity index (χ1) is 15.1. The van der Waals surface area contributed by atoms with Crippen LogP contribution < -0.4 is 20.3 Å². The van der Waals surface area contributed by atoms with Crippen LogP contribution in [0.15, 0.2) is 77.6 Å². The van der Waals surface area contributed by atoms with Crippen LogP contribution in [0.5, 0.6) is 11.5 Å². The highest BCUT2D eigenvalue weighted by Gasteiger charge is 2.26. The quantitative estimate of drug-likeness (QED) is 0.387. The second-order valence-electron chi connectivity index (χ2n) is 7.02. The second kappa shape index (κ2) is 7.49. The maximum absolute atomic E-state index is 13.3. The SMILES string of the molecule is O=c1c([N+](=O)[O-])c(NCc2ccc3c(c2)OCO3)c2ccccc2n1-c1ccccc1. The molecule has 8 nitrogen and oxygen atoms in total. The fourth-order valence-corrected chi connectivity index (χ4v) is 3.75. The highest BCUT2D eigenvalue weighted by molar-refractivity contribution is 5.97. The van der Waals surface area contributed by atoms with E-state index in [1.807, 2.05) is 18.2 Å². The van der Waals surface area contributed by atoms with Crippen molar-refractivity contribution in [1.29, 1.82) is 0 Å². The van der Waals surface area contributed by atoms with Crippen molar-refractivity contribution in [2.24, 2.45) is 0 Å². The number of ether oxygens (including phenoxy) is 2. The topological polar surface area (TPSA) is 95.6 Å². The predicted molar refractivity (Wildman–Crippen MR) is 116 cm³/mol. The number of fused-ring (bicyclic) bond motifs is 2. The first-order valence-electron chi connectivity index (χ1n) is 9.63. The molecule has 0 fully saturated rings. The zero-order valence-corrected chi connectivity index (χ0v) is 16.3. The molecule has 0 saturated heterocycles. The number of anilines is 1. The van der Waals surface area contributed by atoms with Gasteiger partial charge in [0.15, 0.2) is 11.5 Å². The lowest BCUT2D eigenvalue weighted by molar-refractivity contribution is -0.385. The number of rotatable bonds is 5. The molecule has 154 valence electrons. The van der Waals surface area contributed by atoms with Crippen molar-refractivity contribution in [1.82, 2.24) is 4.57 Å². The lowest BCUT2D eigenvalue weighted by atomic mass is 10.1. The van der Waals surface area contributed by atoms with E-state index >= 15 is 0 Å². The molecule has 4 aromatic rings. The van der Waals surface area contributed by atoms with Crippen LogP contribution in [0.25, 0.3) is 16.6 Å². The molecule has 1 aliphatic rings. The van der Waals surface area contributed by atoms with Gasteiger partial charge in [0.05, 0.1) is 10.4 Å². The third-order valence-corrected chi connectivity index (χ3v) is 5.16. The standard InChI is InChI=1S/C23H17N3O5/c27-23-22(26(28)29)21(24-13-15-10-11-19-20(12-15)31-14-30-19)17-8-4-5-9-18(17)25(23)16-6-2-1-3-7-16/h1-12,24H,13-14H2. The van der Waals surface area contributed by atoms with Crippen molar-refractivity contribution >= 4 is 22.3 Å². The molecular formula is C23H17N3O5. The Balaban J connectivity index is 1.65. The Hall–Kier alpha value is -4.33. The molecule has 0 aliphatic carbocycles. The van der Waals surface area contributed by atoms with E-state index in [-0.39, 0.29) is 19.0 Å². The van der Waals surface area contributed by atoms with Gasteiger partial charge in [-0.25, -0.2) is 0 Å². The van der Waals surface area contributed by atoms with Crippen molar-refractivity contribution < 1.29 is 14.4 Å². The van der Waals surface area contributed by atoms with Crippen LogP contribution in [0.2, 0.25) is 0 Å². The maximum Gasteiger partial charge on any atom is 0.357 e. The van der Waals surface area contributed by atoms with E-state index in [9.17, 15) is 14.9 Å². The molecule has 1 aromatic heterocycles. The van der Waals surface area contributed by atoms with E-state index in [1.54, 1.807) is 54.6 Å². The number of hydrogen-bond donors (Lipinski definition) is 1. The van der Waals surface area contributed by atoms with Crippen molar-refractivity contribution in [3.8, 4) is 17.2 Å². The molecule has 0 amide bonds. The van der Waals surface area contributed by atoms with Crippen molar-refractivity contribution in [2.75, 3.05) is 12.1 Å². The van der Waals surface area contributed by atoms with Crippen LogP contribution in [0.1, 0.15) is 5.56 Å². The monoisotopic (exact) mass is 415 g/mol. The summed E-state index contributed by atoms with van der Waals surface area (Å²) in [6, 6.07) is 21.5. The summed E-state index contributed by atoms with van der Waals surface area (Å²) in [6.07, 6.45) is 0. The number of para-hydroxylation sites is 2. The molecule has 2 heterocycles. The summed E-state index contributed by atoms with van der Waals surface area (Å²) in [4.78, 5) is 24.6. The Kier molecular flexibility index (Phi) is 4.51. The number of nitrogens with zero attached hydrogens (tertiary/aromatic N) is 2. The molecule has 5 rings (SSSR count). The molecule has 31 heavy (non-hydrogen) atoms. The van der Waals surface area contributed by atoms with Gasteiger partial charge in [-0.3, -0.25) is 19.5 Å². The summed E-state index contributed by atoms with van der Waals surface area (Å²) in [5.41, 5.74) is 0.989. The molecule has 0 atom stereocenters. The molecule has 0 spiro atoms. The first-order valence-corrected chi connectivity index (χ1v) is 9.63. The summed E-state index contributed by atoms with van der Waals surface area (Å²) in [6.45, 7) is 0.441. The smallest absolute Gasteiger partial charge is 0.357 e. The zero-order chi connectivity index (χ0) is 21.4. The average Bonchev–Trinajstić information content (AvgIpc) is 3.25. The van der Waals surface area contributed by atoms with Crippen LogP contribution in [-0.2, 0) is 6.54 Å². The molecule has 0 radical (unpaired) electrons. The minimum Gasteiger partial charge on any atom is -0.454 e. The Morgan fingerprint density at radius 1 is 0.968 bits per heavy atom. The van der Waals surface area contributed by atoms with E-state index in [2.05, 4.69) is 5.32 Å². The van der Waals surface area contributed by atoms with Crippen LogP contribution in [0.3, 0.4) is 0 Å². The summed E-state index contributed by atoms with van der Waals surface area (Å²) in [5.74, 6) is 1.28. The third kappa shape index (κ3) is 3.24. The van der Waals surface area contributed by atoms with Gasteiger partial charge in [0.1, 0.15) is 5.69 Å². The number of nitro groups is 1. The molecule has 0 unspecified atom stereocenters. The Morgan fingerprint density at radius 2 is 1.71 bits per heavy atom. The molecule has 1 N–H and O–H groups in total. The fraction of sp³-hybridized carbons (Fsp3) is 0.0870. The van der Waals surface area contributed by atoms with Crippen molar-refractivity contribution in [2.45, 2.75) is 6.54 Å². The van der Waals surface area contributed by atoms with E-state index in [0.717, 1.165) is 5.56 Å². The molecule has 8 heteroatoms. The first kappa shape index (κ1) is 18.7. The van der Waals surface area contributed by atoms with Gasteiger partial charge in [-0.1, -0.05) is 42.5 Å². The molecule has 0 saturated carbocycles. The molecule has 1 aliphatic heterocycles. The minimum absolute atomic E-state index is 0.167. The average molecular weight is 415 g/mol. The number of aromatic nitrogens is 1. The van der Waals surface area contributed by atoms with Gasteiger partial charge in [-0.2, -0.15) is 0 Å².